The predicted molar refractivity (Wildman–Crippen MR) is 99.2 cm³/mol. The topological polar surface area (TPSA) is 51.2 Å². The van der Waals surface area contributed by atoms with E-state index in [1.807, 2.05) is 31.4 Å². The molecular weight excluding hydrogens is 332 g/mol. The highest BCUT2D eigenvalue weighted by molar-refractivity contribution is 7.09. The Morgan fingerprint density at radius 2 is 2.12 bits per heavy atom. The monoisotopic (exact) mass is 356 g/mol. The highest BCUT2D eigenvalue weighted by Crippen LogP contribution is 2.45. The number of carbonyl (C=O) groups excluding carboxylic acids is 1. The zero-order chi connectivity index (χ0) is 17.4. The van der Waals surface area contributed by atoms with Crippen LogP contribution in [0.3, 0.4) is 0 Å². The van der Waals surface area contributed by atoms with Gasteiger partial charge in [-0.05, 0) is 69.1 Å². The molecule has 0 aliphatic heterocycles. The van der Waals surface area contributed by atoms with Crippen molar-refractivity contribution in [3.63, 3.8) is 0 Å². The van der Waals surface area contributed by atoms with Gasteiger partial charge in [-0.3, -0.25) is 4.79 Å². The normalized spacial score (nSPS) is 17.4. The van der Waals surface area contributed by atoms with Crippen molar-refractivity contribution < 1.29 is 9.53 Å². The molecule has 2 aliphatic rings. The largest absolute Gasteiger partial charge is 0.493 e. The van der Waals surface area contributed by atoms with E-state index in [2.05, 4.69) is 16.4 Å². The Morgan fingerprint density at radius 1 is 1.32 bits per heavy atom. The lowest BCUT2D eigenvalue weighted by Gasteiger charge is -2.24. The van der Waals surface area contributed by atoms with Gasteiger partial charge in [0.2, 0.25) is 0 Å². The average Bonchev–Trinajstić information content (AvgIpc) is 3.52. The summed E-state index contributed by atoms with van der Waals surface area (Å²) in [7, 11) is 0. The van der Waals surface area contributed by atoms with E-state index < -0.39 is 5.54 Å². The van der Waals surface area contributed by atoms with Gasteiger partial charge < -0.3 is 10.1 Å². The van der Waals surface area contributed by atoms with Crippen LogP contribution in [0, 0.1) is 5.92 Å². The van der Waals surface area contributed by atoms with Crippen LogP contribution in [0.15, 0.2) is 29.8 Å². The zero-order valence-corrected chi connectivity index (χ0v) is 15.6. The standard InChI is InChI=1S/C20H24N2O2S/c1-20(2,19-21-9-10-25-19)22-18(23)15-7-8-16(14-5-6-14)17(11-15)24-12-13-3-4-13/h7-11,13-14H,3-6,12H2,1-2H3,(H,22,23). The van der Waals surface area contributed by atoms with E-state index in [0.717, 1.165) is 17.4 Å². The summed E-state index contributed by atoms with van der Waals surface area (Å²) in [6, 6.07) is 5.92. The average molecular weight is 356 g/mol. The van der Waals surface area contributed by atoms with Gasteiger partial charge >= 0.3 is 0 Å². The van der Waals surface area contributed by atoms with Crippen LogP contribution in [0.2, 0.25) is 0 Å². The van der Waals surface area contributed by atoms with E-state index in [1.54, 1.807) is 17.5 Å². The Balaban J connectivity index is 1.52. The summed E-state index contributed by atoms with van der Waals surface area (Å²) in [5, 5.41) is 5.93. The van der Waals surface area contributed by atoms with Crippen LogP contribution >= 0.6 is 11.3 Å². The molecule has 4 rings (SSSR count). The van der Waals surface area contributed by atoms with Gasteiger partial charge in [-0.1, -0.05) is 6.07 Å². The van der Waals surface area contributed by atoms with Crippen molar-refractivity contribution in [2.45, 2.75) is 51.0 Å². The zero-order valence-electron chi connectivity index (χ0n) is 14.7. The molecule has 0 atom stereocenters. The molecule has 1 N–H and O–H groups in total. The van der Waals surface area contributed by atoms with Crippen molar-refractivity contribution in [3.8, 4) is 5.75 Å². The van der Waals surface area contributed by atoms with Gasteiger partial charge in [-0.2, -0.15) is 0 Å². The molecule has 1 amide bonds. The van der Waals surface area contributed by atoms with Gasteiger partial charge in [0.15, 0.2) is 0 Å². The van der Waals surface area contributed by atoms with E-state index in [4.69, 9.17) is 4.74 Å². The Kier molecular flexibility index (Phi) is 4.28. The van der Waals surface area contributed by atoms with Crippen LogP contribution < -0.4 is 10.1 Å². The molecule has 0 radical (unpaired) electrons. The lowest BCUT2D eigenvalue weighted by Crippen LogP contribution is -2.40. The van der Waals surface area contributed by atoms with Gasteiger partial charge in [0, 0.05) is 17.1 Å². The second-order valence-electron chi connectivity index (χ2n) is 7.70. The number of carbonyl (C=O) groups is 1. The number of rotatable bonds is 7. The molecule has 4 nitrogen and oxygen atoms in total. The third-order valence-electron chi connectivity index (χ3n) is 4.86. The van der Waals surface area contributed by atoms with Gasteiger partial charge in [-0.15, -0.1) is 11.3 Å². The molecule has 2 saturated carbocycles. The van der Waals surface area contributed by atoms with Crippen LogP contribution in [-0.4, -0.2) is 17.5 Å². The van der Waals surface area contributed by atoms with E-state index in [0.29, 0.717) is 17.4 Å². The molecule has 1 aromatic carbocycles. The second-order valence-corrected chi connectivity index (χ2v) is 8.59. The minimum absolute atomic E-state index is 0.0844. The van der Waals surface area contributed by atoms with Gasteiger partial charge in [-0.25, -0.2) is 4.98 Å². The molecule has 2 aliphatic carbocycles. The number of nitrogens with one attached hydrogen (secondary N) is 1. The molecule has 0 spiro atoms. The van der Waals surface area contributed by atoms with Gasteiger partial charge in [0.05, 0.1) is 12.1 Å². The summed E-state index contributed by atoms with van der Waals surface area (Å²) in [6.07, 6.45) is 6.74. The van der Waals surface area contributed by atoms with Crippen molar-refractivity contribution in [2.24, 2.45) is 5.92 Å². The fourth-order valence-corrected chi connectivity index (χ4v) is 3.68. The van der Waals surface area contributed by atoms with Gasteiger partial charge in [0.1, 0.15) is 10.8 Å². The summed E-state index contributed by atoms with van der Waals surface area (Å²) < 4.78 is 6.07. The Morgan fingerprint density at radius 3 is 2.76 bits per heavy atom. The third kappa shape index (κ3) is 3.87. The number of hydrogen-bond acceptors (Lipinski definition) is 4. The molecule has 0 unspecified atom stereocenters. The molecule has 5 heteroatoms. The molecule has 132 valence electrons. The number of nitrogens with zero attached hydrogens (tertiary/aromatic N) is 1. The van der Waals surface area contributed by atoms with E-state index in [-0.39, 0.29) is 5.91 Å². The van der Waals surface area contributed by atoms with Crippen LogP contribution in [0.1, 0.15) is 66.4 Å². The molecule has 2 fully saturated rings. The Bertz CT molecular complexity index is 762. The highest BCUT2D eigenvalue weighted by atomic mass is 32.1. The maximum absolute atomic E-state index is 12.8. The predicted octanol–water partition coefficient (Wildman–Crippen LogP) is 4.47. The molecule has 25 heavy (non-hydrogen) atoms. The molecular formula is C20H24N2O2S. The number of benzene rings is 1. The minimum Gasteiger partial charge on any atom is -0.493 e. The number of ether oxygens (including phenoxy) is 1. The van der Waals surface area contributed by atoms with Crippen LogP contribution in [0.4, 0.5) is 0 Å². The van der Waals surface area contributed by atoms with E-state index in [9.17, 15) is 4.79 Å². The maximum Gasteiger partial charge on any atom is 0.252 e. The van der Waals surface area contributed by atoms with Crippen molar-refractivity contribution >= 4 is 17.2 Å². The number of aromatic nitrogens is 1. The lowest BCUT2D eigenvalue weighted by molar-refractivity contribution is 0.0911. The van der Waals surface area contributed by atoms with Crippen molar-refractivity contribution in [2.75, 3.05) is 6.61 Å². The van der Waals surface area contributed by atoms with Crippen LogP contribution in [-0.2, 0) is 5.54 Å². The quantitative estimate of drug-likeness (QED) is 0.796. The Labute approximate surface area is 152 Å². The molecule has 0 bridgehead atoms. The molecule has 1 aromatic heterocycles. The summed E-state index contributed by atoms with van der Waals surface area (Å²) >= 11 is 1.55. The molecule has 1 heterocycles. The molecule has 2 aromatic rings. The van der Waals surface area contributed by atoms with E-state index >= 15 is 0 Å². The summed E-state index contributed by atoms with van der Waals surface area (Å²) in [4.78, 5) is 17.1. The fraction of sp³-hybridized carbons (Fsp3) is 0.500. The van der Waals surface area contributed by atoms with Crippen molar-refractivity contribution in [1.82, 2.24) is 10.3 Å². The first-order valence-corrected chi connectivity index (χ1v) is 9.90. The second kappa shape index (κ2) is 6.45. The maximum atomic E-state index is 12.8. The first-order chi connectivity index (χ1) is 12.0. The SMILES string of the molecule is CC(C)(NC(=O)c1ccc(C2CC2)c(OCC2CC2)c1)c1nccs1. The fourth-order valence-electron chi connectivity index (χ4n) is 2.97. The first kappa shape index (κ1) is 16.6. The minimum atomic E-state index is -0.491. The van der Waals surface area contributed by atoms with Crippen LogP contribution in [0.5, 0.6) is 5.75 Å². The first-order valence-electron chi connectivity index (χ1n) is 9.02. The summed E-state index contributed by atoms with van der Waals surface area (Å²) in [5.41, 5.74) is 1.42. The van der Waals surface area contributed by atoms with Crippen LogP contribution in [0.25, 0.3) is 0 Å². The summed E-state index contributed by atoms with van der Waals surface area (Å²) in [5.74, 6) is 2.12. The van der Waals surface area contributed by atoms with Gasteiger partial charge in [0.25, 0.3) is 5.91 Å². The van der Waals surface area contributed by atoms with Crippen molar-refractivity contribution in [1.29, 1.82) is 0 Å². The smallest absolute Gasteiger partial charge is 0.252 e. The third-order valence-corrected chi connectivity index (χ3v) is 5.95. The highest BCUT2D eigenvalue weighted by Gasteiger charge is 2.30. The summed E-state index contributed by atoms with van der Waals surface area (Å²) in [6.45, 7) is 4.73. The Hall–Kier alpha value is -1.88. The van der Waals surface area contributed by atoms with E-state index in [1.165, 1.54) is 31.2 Å². The number of amides is 1. The molecule has 0 saturated heterocycles. The number of hydrogen-bond donors (Lipinski definition) is 1. The number of thiazole rings is 1. The van der Waals surface area contributed by atoms with Crippen molar-refractivity contribution in [3.05, 3.63) is 45.9 Å². The lowest BCUT2D eigenvalue weighted by atomic mass is 10.0.